The number of aromatic nitrogens is 1. The zero-order valence-corrected chi connectivity index (χ0v) is 11.7. The van der Waals surface area contributed by atoms with Gasteiger partial charge in [0.05, 0.1) is 12.1 Å². The van der Waals surface area contributed by atoms with Crippen LogP contribution in [0.25, 0.3) is 0 Å². The molecular formula is C14H15NO3S. The highest BCUT2D eigenvalue weighted by atomic mass is 32.1. The second-order valence-corrected chi connectivity index (χ2v) is 5.23. The van der Waals surface area contributed by atoms with Gasteiger partial charge in [0.1, 0.15) is 17.4 Å². The normalized spacial score (nSPS) is 10.4. The van der Waals surface area contributed by atoms with E-state index in [0.717, 1.165) is 16.3 Å². The van der Waals surface area contributed by atoms with Crippen LogP contribution in [0.3, 0.4) is 0 Å². The van der Waals surface area contributed by atoms with Crippen molar-refractivity contribution in [3.63, 3.8) is 0 Å². The van der Waals surface area contributed by atoms with E-state index in [0.29, 0.717) is 12.3 Å². The van der Waals surface area contributed by atoms with Crippen molar-refractivity contribution < 1.29 is 14.6 Å². The first-order valence-corrected chi connectivity index (χ1v) is 6.78. The zero-order chi connectivity index (χ0) is 13.8. The summed E-state index contributed by atoms with van der Waals surface area (Å²) >= 11 is 1.42. The number of carbonyl (C=O) groups is 1. The van der Waals surface area contributed by atoms with E-state index in [4.69, 9.17) is 9.84 Å². The van der Waals surface area contributed by atoms with E-state index in [1.54, 1.807) is 5.38 Å². The molecule has 0 saturated carbocycles. The van der Waals surface area contributed by atoms with Gasteiger partial charge in [0.15, 0.2) is 0 Å². The number of hydrogen-bond donors (Lipinski definition) is 1. The number of aryl methyl sites for hydroxylation is 1. The highest BCUT2D eigenvalue weighted by Gasteiger charge is 2.08. The molecule has 1 aromatic carbocycles. The Hall–Kier alpha value is -1.88. The summed E-state index contributed by atoms with van der Waals surface area (Å²) in [4.78, 5) is 14.8. The first-order chi connectivity index (χ1) is 9.06. The van der Waals surface area contributed by atoms with Crippen LogP contribution in [0.5, 0.6) is 5.75 Å². The van der Waals surface area contributed by atoms with Crippen LogP contribution in [-0.2, 0) is 17.8 Å². The molecule has 0 aliphatic carbocycles. The minimum absolute atomic E-state index is 0.0417. The smallest absolute Gasteiger partial charge is 0.309 e. The van der Waals surface area contributed by atoms with Crippen molar-refractivity contribution in [1.82, 2.24) is 4.98 Å². The summed E-state index contributed by atoms with van der Waals surface area (Å²) in [6.45, 7) is 4.42. The van der Waals surface area contributed by atoms with Crippen molar-refractivity contribution >= 4 is 17.3 Å². The maximum absolute atomic E-state index is 10.6. The maximum atomic E-state index is 10.6. The van der Waals surface area contributed by atoms with Gasteiger partial charge in [-0.25, -0.2) is 4.98 Å². The molecule has 0 aliphatic heterocycles. The molecule has 19 heavy (non-hydrogen) atoms. The van der Waals surface area contributed by atoms with Crippen LogP contribution >= 0.6 is 11.3 Å². The van der Waals surface area contributed by atoms with E-state index >= 15 is 0 Å². The fourth-order valence-corrected chi connectivity index (χ4v) is 2.38. The van der Waals surface area contributed by atoms with Crippen LogP contribution in [0, 0.1) is 13.8 Å². The van der Waals surface area contributed by atoms with Gasteiger partial charge in [-0.15, -0.1) is 11.3 Å². The Bertz CT molecular complexity index is 592. The number of rotatable bonds is 5. The van der Waals surface area contributed by atoms with Crippen LogP contribution in [0.15, 0.2) is 23.6 Å². The molecule has 4 nitrogen and oxygen atoms in total. The highest BCUT2D eigenvalue weighted by molar-refractivity contribution is 7.09. The minimum Gasteiger partial charge on any atom is -0.486 e. The van der Waals surface area contributed by atoms with E-state index in [1.165, 1.54) is 16.9 Å². The topological polar surface area (TPSA) is 59.4 Å². The Kier molecular flexibility index (Phi) is 4.16. The van der Waals surface area contributed by atoms with Gasteiger partial charge in [-0.05, 0) is 31.0 Å². The van der Waals surface area contributed by atoms with Gasteiger partial charge >= 0.3 is 5.97 Å². The van der Waals surface area contributed by atoms with E-state index in [-0.39, 0.29) is 6.42 Å². The molecular weight excluding hydrogens is 262 g/mol. The molecule has 5 heteroatoms. The van der Waals surface area contributed by atoms with Crippen molar-refractivity contribution in [2.24, 2.45) is 0 Å². The van der Waals surface area contributed by atoms with Gasteiger partial charge < -0.3 is 9.84 Å². The standard InChI is InChI=1S/C14H15NO3S/c1-9-4-3-5-12(10(9)2)18-7-13-15-11(8-19-13)6-14(16)17/h3-5,8H,6-7H2,1-2H3,(H,16,17). The molecule has 100 valence electrons. The average molecular weight is 277 g/mol. The number of aliphatic carboxylic acids is 1. The lowest BCUT2D eigenvalue weighted by Crippen LogP contribution is -2.01. The Morgan fingerprint density at radius 1 is 1.42 bits per heavy atom. The van der Waals surface area contributed by atoms with Gasteiger partial charge in [-0.1, -0.05) is 12.1 Å². The molecule has 0 radical (unpaired) electrons. The summed E-state index contributed by atoms with van der Waals surface area (Å²) < 4.78 is 5.72. The van der Waals surface area contributed by atoms with Crippen molar-refractivity contribution in [2.45, 2.75) is 26.9 Å². The number of thiazole rings is 1. The molecule has 1 N–H and O–H groups in total. The molecule has 0 aliphatic rings. The third-order valence-corrected chi connectivity index (χ3v) is 3.71. The molecule has 1 heterocycles. The summed E-state index contributed by atoms with van der Waals surface area (Å²) in [7, 11) is 0. The Morgan fingerprint density at radius 2 is 2.21 bits per heavy atom. The fraction of sp³-hybridized carbons (Fsp3) is 0.286. The Morgan fingerprint density at radius 3 is 2.95 bits per heavy atom. The van der Waals surface area contributed by atoms with E-state index in [9.17, 15) is 4.79 Å². The lowest BCUT2D eigenvalue weighted by molar-refractivity contribution is -0.136. The molecule has 2 rings (SSSR count). The Balaban J connectivity index is 2.00. The number of nitrogens with zero attached hydrogens (tertiary/aromatic N) is 1. The first-order valence-electron chi connectivity index (χ1n) is 5.90. The third kappa shape index (κ3) is 3.54. The minimum atomic E-state index is -0.868. The lowest BCUT2D eigenvalue weighted by Gasteiger charge is -2.09. The molecule has 0 saturated heterocycles. The molecule has 1 aromatic heterocycles. The van der Waals surface area contributed by atoms with Crippen molar-refractivity contribution in [1.29, 1.82) is 0 Å². The SMILES string of the molecule is Cc1cccc(OCc2nc(CC(=O)O)cs2)c1C. The van der Waals surface area contributed by atoms with Gasteiger partial charge in [-0.3, -0.25) is 4.79 Å². The number of carboxylic acids is 1. The van der Waals surface area contributed by atoms with Gasteiger partial charge in [0.25, 0.3) is 0 Å². The predicted octanol–water partition coefficient (Wildman–Crippen LogP) is 2.97. The van der Waals surface area contributed by atoms with E-state index in [1.807, 2.05) is 32.0 Å². The van der Waals surface area contributed by atoms with E-state index in [2.05, 4.69) is 4.98 Å². The van der Waals surface area contributed by atoms with Crippen LogP contribution in [0.1, 0.15) is 21.8 Å². The molecule has 0 unspecified atom stereocenters. The summed E-state index contributed by atoms with van der Waals surface area (Å²) in [6, 6.07) is 5.92. The van der Waals surface area contributed by atoms with Crippen LogP contribution in [-0.4, -0.2) is 16.1 Å². The van der Waals surface area contributed by atoms with E-state index < -0.39 is 5.97 Å². The monoisotopic (exact) mass is 277 g/mol. The third-order valence-electron chi connectivity index (χ3n) is 2.84. The van der Waals surface area contributed by atoms with Crippen LogP contribution in [0.4, 0.5) is 0 Å². The number of ether oxygens (including phenoxy) is 1. The number of hydrogen-bond acceptors (Lipinski definition) is 4. The number of carboxylic acid groups (broad SMARTS) is 1. The van der Waals surface area contributed by atoms with Crippen molar-refractivity contribution in [2.75, 3.05) is 0 Å². The van der Waals surface area contributed by atoms with Crippen LogP contribution < -0.4 is 4.74 Å². The van der Waals surface area contributed by atoms with Gasteiger partial charge in [-0.2, -0.15) is 0 Å². The maximum Gasteiger partial charge on any atom is 0.309 e. The number of benzene rings is 1. The molecule has 0 atom stereocenters. The second-order valence-electron chi connectivity index (χ2n) is 4.29. The second kappa shape index (κ2) is 5.84. The molecule has 0 bridgehead atoms. The molecule has 2 aromatic rings. The summed E-state index contributed by atoms with van der Waals surface area (Å²) in [5, 5.41) is 11.2. The first kappa shape index (κ1) is 13.5. The molecule has 0 fully saturated rings. The summed E-state index contributed by atoms with van der Waals surface area (Å²) in [6.07, 6.45) is -0.0417. The summed E-state index contributed by atoms with van der Waals surface area (Å²) in [5.41, 5.74) is 2.88. The van der Waals surface area contributed by atoms with Gasteiger partial charge in [0, 0.05) is 5.38 Å². The van der Waals surface area contributed by atoms with Crippen LogP contribution in [0.2, 0.25) is 0 Å². The quantitative estimate of drug-likeness (QED) is 0.912. The average Bonchev–Trinajstić information content (AvgIpc) is 2.78. The Labute approximate surface area is 115 Å². The fourth-order valence-electron chi connectivity index (χ4n) is 1.67. The van der Waals surface area contributed by atoms with Crippen molar-refractivity contribution in [3.8, 4) is 5.75 Å². The van der Waals surface area contributed by atoms with Gasteiger partial charge in [0.2, 0.25) is 0 Å². The molecule has 0 spiro atoms. The molecule has 0 amide bonds. The largest absolute Gasteiger partial charge is 0.486 e. The highest BCUT2D eigenvalue weighted by Crippen LogP contribution is 2.22. The predicted molar refractivity (Wildman–Crippen MR) is 73.7 cm³/mol. The zero-order valence-electron chi connectivity index (χ0n) is 10.8. The summed E-state index contributed by atoms with van der Waals surface area (Å²) in [5.74, 6) is -0.0257. The van der Waals surface area contributed by atoms with Crippen molar-refractivity contribution in [3.05, 3.63) is 45.4 Å². The lowest BCUT2D eigenvalue weighted by atomic mass is 10.1.